The molecule has 0 radical (unpaired) electrons. The normalized spacial score (nSPS) is 21.6. The summed E-state index contributed by atoms with van der Waals surface area (Å²) in [6, 6.07) is 20.0. The van der Waals surface area contributed by atoms with E-state index in [2.05, 4.69) is 43.6 Å². The molecule has 1 saturated heterocycles. The SMILES string of the molecule is COc1ccccc1N1CCN(CCCNC(=O)[C@@H]2c3ccccc3C(=O)N(C3CCCC3)[C@@H]2c2cccs2)CC1. The van der Waals surface area contributed by atoms with Crippen LogP contribution in [-0.4, -0.2) is 74.0 Å². The van der Waals surface area contributed by atoms with Crippen molar-refractivity contribution in [2.45, 2.75) is 50.1 Å². The van der Waals surface area contributed by atoms with Gasteiger partial charge in [0.2, 0.25) is 5.91 Å². The Morgan fingerprint density at radius 1 is 0.976 bits per heavy atom. The molecule has 1 aromatic heterocycles. The van der Waals surface area contributed by atoms with Crippen LogP contribution in [0.3, 0.4) is 0 Å². The van der Waals surface area contributed by atoms with Crippen LogP contribution in [0.15, 0.2) is 66.0 Å². The predicted molar refractivity (Wildman–Crippen MR) is 164 cm³/mol. The number of methoxy groups -OCH3 is 1. The fourth-order valence-electron chi connectivity index (χ4n) is 6.91. The minimum Gasteiger partial charge on any atom is -0.495 e. The molecule has 0 bridgehead atoms. The zero-order valence-corrected chi connectivity index (χ0v) is 24.7. The second kappa shape index (κ2) is 12.7. The topological polar surface area (TPSA) is 65.1 Å². The van der Waals surface area contributed by atoms with Crippen LogP contribution >= 0.6 is 11.3 Å². The summed E-state index contributed by atoms with van der Waals surface area (Å²) in [5.41, 5.74) is 2.69. The van der Waals surface area contributed by atoms with E-state index in [4.69, 9.17) is 4.74 Å². The number of rotatable bonds is 9. The molecule has 216 valence electrons. The van der Waals surface area contributed by atoms with Gasteiger partial charge in [-0.2, -0.15) is 0 Å². The maximum absolute atomic E-state index is 14.0. The highest BCUT2D eigenvalue weighted by atomic mass is 32.1. The fraction of sp³-hybridized carbons (Fsp3) is 0.455. The number of piperazine rings is 1. The molecule has 2 aliphatic heterocycles. The molecular formula is C33H40N4O3S. The molecule has 2 fully saturated rings. The first-order valence-electron chi connectivity index (χ1n) is 15.0. The lowest BCUT2D eigenvalue weighted by Crippen LogP contribution is -2.51. The number of carbonyl (C=O) groups excluding carboxylic acids is 2. The summed E-state index contributed by atoms with van der Waals surface area (Å²) in [5.74, 6) is 0.601. The first-order valence-corrected chi connectivity index (χ1v) is 15.9. The summed E-state index contributed by atoms with van der Waals surface area (Å²) in [5, 5.41) is 5.33. The molecule has 3 aromatic rings. The number of benzene rings is 2. The number of hydrogen-bond acceptors (Lipinski definition) is 6. The van der Waals surface area contributed by atoms with E-state index in [-0.39, 0.29) is 23.9 Å². The third kappa shape index (κ3) is 5.72. The molecule has 2 atom stereocenters. The molecule has 8 heteroatoms. The van der Waals surface area contributed by atoms with Crippen molar-refractivity contribution in [3.63, 3.8) is 0 Å². The van der Waals surface area contributed by atoms with Gasteiger partial charge in [0, 0.05) is 49.2 Å². The van der Waals surface area contributed by atoms with Gasteiger partial charge in [-0.25, -0.2) is 0 Å². The second-order valence-corrected chi connectivity index (χ2v) is 12.3. The van der Waals surface area contributed by atoms with Crippen molar-refractivity contribution in [3.8, 4) is 5.75 Å². The van der Waals surface area contributed by atoms with Crippen molar-refractivity contribution in [2.75, 3.05) is 51.3 Å². The zero-order valence-electron chi connectivity index (χ0n) is 23.8. The third-order valence-electron chi connectivity index (χ3n) is 8.96. The van der Waals surface area contributed by atoms with E-state index in [1.165, 1.54) is 0 Å². The fourth-order valence-corrected chi connectivity index (χ4v) is 7.77. The van der Waals surface area contributed by atoms with Gasteiger partial charge in [0.05, 0.1) is 24.8 Å². The van der Waals surface area contributed by atoms with Crippen molar-refractivity contribution in [2.24, 2.45) is 0 Å². The first-order chi connectivity index (χ1) is 20.2. The van der Waals surface area contributed by atoms with Gasteiger partial charge in [0.15, 0.2) is 0 Å². The van der Waals surface area contributed by atoms with E-state index in [0.717, 1.165) is 86.7 Å². The van der Waals surface area contributed by atoms with Gasteiger partial charge in [-0.05, 0) is 61.0 Å². The average molecular weight is 573 g/mol. The van der Waals surface area contributed by atoms with E-state index in [0.29, 0.717) is 12.1 Å². The second-order valence-electron chi connectivity index (χ2n) is 11.3. The molecule has 7 nitrogen and oxygen atoms in total. The third-order valence-corrected chi connectivity index (χ3v) is 9.90. The Labute approximate surface area is 247 Å². The zero-order chi connectivity index (χ0) is 28.2. The number of fused-ring (bicyclic) bond motifs is 1. The maximum atomic E-state index is 14.0. The summed E-state index contributed by atoms with van der Waals surface area (Å²) in [6.45, 7) is 5.46. The summed E-state index contributed by atoms with van der Waals surface area (Å²) in [4.78, 5) is 35.8. The Bertz CT molecular complexity index is 1330. The van der Waals surface area contributed by atoms with Gasteiger partial charge in [-0.15, -0.1) is 11.3 Å². The van der Waals surface area contributed by atoms with Crippen molar-refractivity contribution in [1.29, 1.82) is 0 Å². The number of para-hydroxylation sites is 2. The summed E-state index contributed by atoms with van der Waals surface area (Å²) >= 11 is 1.65. The molecule has 3 aliphatic rings. The Morgan fingerprint density at radius 2 is 1.73 bits per heavy atom. The van der Waals surface area contributed by atoms with Crippen molar-refractivity contribution in [1.82, 2.24) is 15.1 Å². The van der Waals surface area contributed by atoms with Gasteiger partial charge < -0.3 is 19.9 Å². The van der Waals surface area contributed by atoms with Crippen LogP contribution in [0.1, 0.15) is 64.9 Å². The van der Waals surface area contributed by atoms with Crippen LogP contribution < -0.4 is 15.0 Å². The molecule has 0 unspecified atom stereocenters. The van der Waals surface area contributed by atoms with E-state index in [9.17, 15) is 9.59 Å². The molecule has 2 amide bonds. The van der Waals surface area contributed by atoms with Crippen molar-refractivity contribution in [3.05, 3.63) is 82.0 Å². The predicted octanol–water partition coefficient (Wildman–Crippen LogP) is 5.31. The Kier molecular flexibility index (Phi) is 8.58. The lowest BCUT2D eigenvalue weighted by atomic mass is 9.80. The Morgan fingerprint density at radius 3 is 2.49 bits per heavy atom. The number of anilines is 1. The van der Waals surface area contributed by atoms with Gasteiger partial charge >= 0.3 is 0 Å². The van der Waals surface area contributed by atoms with E-state index >= 15 is 0 Å². The highest BCUT2D eigenvalue weighted by molar-refractivity contribution is 7.10. The lowest BCUT2D eigenvalue weighted by molar-refractivity contribution is -0.124. The standard InChI is InChI=1S/C33H40N4O3S/c1-40-28-15-7-6-14-27(28)36-21-19-35(20-22-36)18-9-17-34-32(38)30-25-12-4-5-13-26(25)33(39)37(24-10-2-3-11-24)31(30)29-16-8-23-41-29/h4-8,12-16,23-24,30-31H,2-3,9-11,17-22H2,1H3,(H,34,38)/t30-,31-/m1/s1. The molecule has 2 aromatic carbocycles. The minimum absolute atomic E-state index is 0.0207. The Balaban J connectivity index is 1.10. The molecule has 1 saturated carbocycles. The number of ether oxygens (including phenoxy) is 1. The van der Waals surface area contributed by atoms with Crippen LogP contribution in [0.5, 0.6) is 5.75 Å². The molecule has 0 spiro atoms. The molecule has 1 aliphatic carbocycles. The van der Waals surface area contributed by atoms with Crippen molar-refractivity contribution >= 4 is 28.8 Å². The number of thiophene rings is 1. The monoisotopic (exact) mass is 572 g/mol. The van der Waals surface area contributed by atoms with E-state index < -0.39 is 5.92 Å². The van der Waals surface area contributed by atoms with Gasteiger partial charge in [-0.1, -0.05) is 49.2 Å². The van der Waals surface area contributed by atoms with Crippen LogP contribution in [0.2, 0.25) is 0 Å². The highest BCUT2D eigenvalue weighted by Gasteiger charge is 2.47. The Hall–Kier alpha value is -3.36. The smallest absolute Gasteiger partial charge is 0.254 e. The summed E-state index contributed by atoms with van der Waals surface area (Å²) < 4.78 is 5.56. The van der Waals surface area contributed by atoms with Crippen LogP contribution in [0, 0.1) is 0 Å². The summed E-state index contributed by atoms with van der Waals surface area (Å²) in [7, 11) is 1.72. The number of hydrogen-bond donors (Lipinski definition) is 1. The van der Waals surface area contributed by atoms with E-state index in [1.807, 2.05) is 42.5 Å². The first kappa shape index (κ1) is 27.8. The number of amides is 2. The molecule has 1 N–H and O–H groups in total. The van der Waals surface area contributed by atoms with Gasteiger partial charge in [0.1, 0.15) is 5.75 Å². The number of nitrogens with one attached hydrogen (secondary N) is 1. The molecule has 6 rings (SSSR count). The number of nitrogens with zero attached hydrogens (tertiary/aromatic N) is 3. The van der Waals surface area contributed by atoms with Crippen LogP contribution in [0.25, 0.3) is 0 Å². The number of carbonyl (C=O) groups is 2. The molecular weight excluding hydrogens is 532 g/mol. The minimum atomic E-state index is -0.410. The van der Waals surface area contributed by atoms with Gasteiger partial charge in [-0.3, -0.25) is 14.5 Å². The molecule has 41 heavy (non-hydrogen) atoms. The summed E-state index contributed by atoms with van der Waals surface area (Å²) in [6.07, 6.45) is 5.18. The van der Waals surface area contributed by atoms with Crippen molar-refractivity contribution < 1.29 is 14.3 Å². The lowest BCUT2D eigenvalue weighted by Gasteiger charge is -2.44. The highest BCUT2D eigenvalue weighted by Crippen LogP contribution is 2.47. The quantitative estimate of drug-likeness (QED) is 0.352. The van der Waals surface area contributed by atoms with Crippen LogP contribution in [0.4, 0.5) is 5.69 Å². The maximum Gasteiger partial charge on any atom is 0.254 e. The van der Waals surface area contributed by atoms with Crippen LogP contribution in [-0.2, 0) is 4.79 Å². The largest absolute Gasteiger partial charge is 0.495 e. The molecule has 3 heterocycles. The van der Waals surface area contributed by atoms with E-state index in [1.54, 1.807) is 18.4 Å². The average Bonchev–Trinajstić information content (AvgIpc) is 3.75. The van der Waals surface area contributed by atoms with Gasteiger partial charge in [0.25, 0.3) is 5.91 Å².